The van der Waals surface area contributed by atoms with Crippen LogP contribution >= 0.6 is 15.9 Å². The molecule has 0 aliphatic carbocycles. The lowest BCUT2D eigenvalue weighted by atomic mass is 10.3. The molecule has 0 amide bonds. The first-order valence-corrected chi connectivity index (χ1v) is 8.21. The molecule has 1 aromatic heterocycles. The van der Waals surface area contributed by atoms with Crippen LogP contribution in [0, 0.1) is 0 Å². The van der Waals surface area contributed by atoms with E-state index in [0.29, 0.717) is 16.0 Å². The molecule has 9 nitrogen and oxygen atoms in total. The van der Waals surface area contributed by atoms with E-state index in [1.54, 1.807) is 24.3 Å². The minimum absolute atomic E-state index is 0.241. The SMILES string of the molecule is CONc1ncc(Br)c(Nc2ccccc2NS(N)(=O)=O)n1. The molecule has 11 heteroatoms. The third-order valence-electron chi connectivity index (χ3n) is 2.37. The van der Waals surface area contributed by atoms with Gasteiger partial charge in [0, 0.05) is 6.20 Å². The first-order chi connectivity index (χ1) is 10.4. The van der Waals surface area contributed by atoms with Crippen molar-refractivity contribution in [1.82, 2.24) is 9.97 Å². The number of benzene rings is 1. The maximum atomic E-state index is 11.2. The van der Waals surface area contributed by atoms with Gasteiger partial charge in [0.25, 0.3) is 10.2 Å². The molecule has 22 heavy (non-hydrogen) atoms. The first-order valence-electron chi connectivity index (χ1n) is 5.87. The van der Waals surface area contributed by atoms with Crippen LogP contribution in [0.3, 0.4) is 0 Å². The van der Waals surface area contributed by atoms with Crippen molar-refractivity contribution in [2.75, 3.05) is 22.6 Å². The van der Waals surface area contributed by atoms with Crippen LogP contribution in [-0.4, -0.2) is 25.5 Å². The maximum Gasteiger partial charge on any atom is 0.296 e. The summed E-state index contributed by atoms with van der Waals surface area (Å²) < 4.78 is 25.2. The lowest BCUT2D eigenvalue weighted by Gasteiger charge is -2.13. The van der Waals surface area contributed by atoms with Crippen LogP contribution in [0.25, 0.3) is 0 Å². The summed E-state index contributed by atoms with van der Waals surface area (Å²) >= 11 is 3.31. The Morgan fingerprint density at radius 3 is 2.59 bits per heavy atom. The number of nitrogens with two attached hydrogens (primary N) is 1. The smallest absolute Gasteiger partial charge is 0.296 e. The molecule has 0 atom stereocenters. The van der Waals surface area contributed by atoms with Crippen molar-refractivity contribution in [3.05, 3.63) is 34.9 Å². The summed E-state index contributed by atoms with van der Waals surface area (Å²) in [5.74, 6) is 0.656. The van der Waals surface area contributed by atoms with E-state index in [-0.39, 0.29) is 11.6 Å². The van der Waals surface area contributed by atoms with Crippen LogP contribution in [0.5, 0.6) is 0 Å². The molecule has 0 spiro atoms. The van der Waals surface area contributed by atoms with Crippen LogP contribution in [0.4, 0.5) is 23.1 Å². The van der Waals surface area contributed by atoms with Gasteiger partial charge in [-0.05, 0) is 28.1 Å². The number of anilines is 4. The summed E-state index contributed by atoms with van der Waals surface area (Å²) in [6.45, 7) is 0. The largest absolute Gasteiger partial charge is 0.337 e. The summed E-state index contributed by atoms with van der Waals surface area (Å²) in [5.41, 5.74) is 3.26. The Balaban J connectivity index is 2.33. The number of rotatable bonds is 6. The third kappa shape index (κ3) is 4.53. The quantitative estimate of drug-likeness (QED) is 0.552. The molecule has 0 radical (unpaired) electrons. The zero-order valence-electron chi connectivity index (χ0n) is 11.4. The Labute approximate surface area is 135 Å². The Morgan fingerprint density at radius 2 is 1.95 bits per heavy atom. The first kappa shape index (κ1) is 16.4. The molecule has 0 saturated carbocycles. The molecule has 0 bridgehead atoms. The van der Waals surface area contributed by atoms with Crippen molar-refractivity contribution in [2.24, 2.45) is 5.14 Å². The molecule has 0 unspecified atom stereocenters. The average molecular weight is 389 g/mol. The summed E-state index contributed by atoms with van der Waals surface area (Å²) in [5, 5.41) is 7.98. The van der Waals surface area contributed by atoms with E-state index in [4.69, 9.17) is 9.98 Å². The van der Waals surface area contributed by atoms with Crippen molar-refractivity contribution in [1.29, 1.82) is 0 Å². The van der Waals surface area contributed by atoms with E-state index >= 15 is 0 Å². The Morgan fingerprint density at radius 1 is 1.27 bits per heavy atom. The topological polar surface area (TPSA) is 131 Å². The van der Waals surface area contributed by atoms with Crippen molar-refractivity contribution in [3.8, 4) is 0 Å². The van der Waals surface area contributed by atoms with Gasteiger partial charge in [0.1, 0.15) is 0 Å². The van der Waals surface area contributed by atoms with Gasteiger partial charge in [-0.1, -0.05) is 12.1 Å². The predicted octanol–water partition coefficient (Wildman–Crippen LogP) is 1.57. The summed E-state index contributed by atoms with van der Waals surface area (Å²) in [4.78, 5) is 12.9. The number of hydrogen-bond acceptors (Lipinski definition) is 7. The molecule has 1 aromatic carbocycles. The standard InChI is InChI=1S/C11H13BrN6O3S/c1-21-17-11-14-6-7(12)10(16-11)15-8-4-2-3-5-9(8)18-22(13,19)20/h2-6,18H,1H3,(H2,13,19,20)(H2,14,15,16,17). The average Bonchev–Trinajstić information content (AvgIpc) is 2.43. The van der Waals surface area contributed by atoms with Crippen molar-refractivity contribution < 1.29 is 13.3 Å². The van der Waals surface area contributed by atoms with Gasteiger partial charge in [0.2, 0.25) is 5.95 Å². The van der Waals surface area contributed by atoms with E-state index in [0.717, 1.165) is 0 Å². The second kappa shape index (κ2) is 6.87. The Bertz CT molecular complexity index is 770. The number of nitrogens with one attached hydrogen (secondary N) is 3. The summed E-state index contributed by atoms with van der Waals surface area (Å²) in [7, 11) is -2.45. The van der Waals surface area contributed by atoms with E-state index < -0.39 is 10.2 Å². The lowest BCUT2D eigenvalue weighted by molar-refractivity contribution is 0.267. The highest BCUT2D eigenvalue weighted by atomic mass is 79.9. The normalized spacial score (nSPS) is 11.0. The van der Waals surface area contributed by atoms with Gasteiger partial charge < -0.3 is 5.32 Å². The van der Waals surface area contributed by atoms with Gasteiger partial charge in [0.15, 0.2) is 5.82 Å². The molecular formula is C11H13BrN6O3S. The molecule has 5 N–H and O–H groups in total. The summed E-state index contributed by atoms with van der Waals surface area (Å²) in [6.07, 6.45) is 1.52. The van der Waals surface area contributed by atoms with Gasteiger partial charge in [0.05, 0.1) is 23.0 Å². The Hall–Kier alpha value is -1.95. The summed E-state index contributed by atoms with van der Waals surface area (Å²) in [6, 6.07) is 6.65. The van der Waals surface area contributed by atoms with Gasteiger partial charge in [-0.3, -0.25) is 9.56 Å². The molecule has 0 aliphatic heterocycles. The van der Waals surface area contributed by atoms with E-state index in [1.807, 2.05) is 0 Å². The van der Waals surface area contributed by atoms with E-state index in [9.17, 15) is 8.42 Å². The van der Waals surface area contributed by atoms with Gasteiger partial charge in [-0.25, -0.2) is 15.6 Å². The monoisotopic (exact) mass is 388 g/mol. The second-order valence-electron chi connectivity index (χ2n) is 4.01. The Kier molecular flexibility index (Phi) is 5.13. The molecule has 0 aliphatic rings. The number of hydrogen-bond donors (Lipinski definition) is 4. The number of aromatic nitrogens is 2. The molecule has 0 fully saturated rings. The highest BCUT2D eigenvalue weighted by Gasteiger charge is 2.10. The van der Waals surface area contributed by atoms with E-state index in [2.05, 4.69) is 41.4 Å². The zero-order valence-corrected chi connectivity index (χ0v) is 13.8. The van der Waals surface area contributed by atoms with Crippen molar-refractivity contribution >= 4 is 49.3 Å². The number of para-hydroxylation sites is 2. The zero-order chi connectivity index (χ0) is 16.2. The maximum absolute atomic E-state index is 11.2. The van der Waals surface area contributed by atoms with Gasteiger partial charge in [-0.15, -0.1) is 0 Å². The van der Waals surface area contributed by atoms with Crippen LogP contribution in [0.2, 0.25) is 0 Å². The van der Waals surface area contributed by atoms with Crippen LogP contribution in [-0.2, 0) is 15.0 Å². The van der Waals surface area contributed by atoms with Crippen LogP contribution in [0.15, 0.2) is 34.9 Å². The van der Waals surface area contributed by atoms with Gasteiger partial charge in [-0.2, -0.15) is 13.4 Å². The number of nitrogens with zero attached hydrogens (tertiary/aromatic N) is 2. The van der Waals surface area contributed by atoms with Crippen molar-refractivity contribution in [2.45, 2.75) is 0 Å². The molecule has 2 rings (SSSR count). The highest BCUT2D eigenvalue weighted by molar-refractivity contribution is 9.10. The second-order valence-corrected chi connectivity index (χ2v) is 6.16. The minimum atomic E-state index is -3.89. The van der Waals surface area contributed by atoms with Crippen LogP contribution in [0.1, 0.15) is 0 Å². The number of halogens is 1. The molecule has 1 heterocycles. The van der Waals surface area contributed by atoms with Crippen molar-refractivity contribution in [3.63, 3.8) is 0 Å². The molecular weight excluding hydrogens is 376 g/mol. The third-order valence-corrected chi connectivity index (χ3v) is 3.45. The lowest BCUT2D eigenvalue weighted by Crippen LogP contribution is -2.22. The minimum Gasteiger partial charge on any atom is -0.337 e. The van der Waals surface area contributed by atoms with Crippen LogP contribution < -0.4 is 20.7 Å². The fraction of sp³-hybridized carbons (Fsp3) is 0.0909. The fourth-order valence-electron chi connectivity index (χ4n) is 1.56. The molecule has 118 valence electrons. The predicted molar refractivity (Wildman–Crippen MR) is 86.8 cm³/mol. The van der Waals surface area contributed by atoms with Gasteiger partial charge >= 0.3 is 0 Å². The molecule has 2 aromatic rings. The fourth-order valence-corrected chi connectivity index (χ4v) is 2.33. The highest BCUT2D eigenvalue weighted by Crippen LogP contribution is 2.29. The molecule has 0 saturated heterocycles. The van der Waals surface area contributed by atoms with E-state index in [1.165, 1.54) is 13.3 Å².